The Morgan fingerprint density at radius 2 is 1.72 bits per heavy atom. The Morgan fingerprint density at radius 3 is 2.48 bits per heavy atom. The zero-order valence-electron chi connectivity index (χ0n) is 14.3. The number of nitrogens with one attached hydrogen (secondary N) is 2. The van der Waals surface area contributed by atoms with Gasteiger partial charge in [-0.05, 0) is 49.7 Å². The van der Waals surface area contributed by atoms with Crippen molar-refractivity contribution in [2.45, 2.75) is 13.8 Å². The number of anilines is 4. The molecule has 0 atom stereocenters. The van der Waals surface area contributed by atoms with E-state index in [1.807, 2.05) is 49.4 Å². The fraction of sp³-hybridized carbons (Fsp3) is 0.158. The van der Waals surface area contributed by atoms with Crippen molar-refractivity contribution in [3.8, 4) is 5.75 Å². The van der Waals surface area contributed by atoms with Crippen LogP contribution in [0.3, 0.4) is 0 Å². The summed E-state index contributed by atoms with van der Waals surface area (Å²) in [5.41, 5.74) is 3.82. The van der Waals surface area contributed by atoms with Crippen LogP contribution in [-0.4, -0.2) is 17.1 Å². The summed E-state index contributed by atoms with van der Waals surface area (Å²) in [6.07, 6.45) is 0. The second-order valence-corrected chi connectivity index (χ2v) is 6.54. The molecule has 0 amide bonds. The summed E-state index contributed by atoms with van der Waals surface area (Å²) in [7, 11) is 1.64. The van der Waals surface area contributed by atoms with Crippen molar-refractivity contribution >= 4 is 39.1 Å². The van der Waals surface area contributed by atoms with Gasteiger partial charge >= 0.3 is 0 Å². The van der Waals surface area contributed by atoms with Gasteiger partial charge in [0.05, 0.1) is 12.8 Å². The minimum Gasteiger partial charge on any atom is -0.495 e. The third-order valence-corrected chi connectivity index (χ3v) is 4.15. The van der Waals surface area contributed by atoms with Gasteiger partial charge in [0.1, 0.15) is 11.6 Å². The molecule has 0 aliphatic rings. The molecule has 0 saturated carbocycles. The summed E-state index contributed by atoms with van der Waals surface area (Å²) in [5.74, 6) is 1.99. The van der Waals surface area contributed by atoms with Crippen LogP contribution in [0.25, 0.3) is 0 Å². The summed E-state index contributed by atoms with van der Waals surface area (Å²) >= 11 is 3.48. The number of methoxy groups -OCH3 is 1. The molecular weight excluding hydrogens is 380 g/mol. The molecule has 5 nitrogen and oxygen atoms in total. The molecule has 1 heterocycles. The second-order valence-electron chi connectivity index (χ2n) is 5.63. The number of rotatable bonds is 5. The number of ether oxygens (including phenoxy) is 1. The molecule has 6 heteroatoms. The van der Waals surface area contributed by atoms with E-state index in [2.05, 4.69) is 49.5 Å². The number of halogens is 1. The minimum atomic E-state index is 0.516. The van der Waals surface area contributed by atoms with Crippen molar-refractivity contribution in [2.24, 2.45) is 0 Å². The Labute approximate surface area is 155 Å². The van der Waals surface area contributed by atoms with Crippen LogP contribution in [0.15, 0.2) is 53.0 Å². The number of nitrogens with zero attached hydrogens (tertiary/aromatic N) is 2. The van der Waals surface area contributed by atoms with Crippen molar-refractivity contribution in [3.05, 3.63) is 64.3 Å². The highest BCUT2D eigenvalue weighted by Gasteiger charge is 2.08. The fourth-order valence-corrected chi connectivity index (χ4v) is 2.94. The molecule has 0 aliphatic carbocycles. The number of aromatic nitrogens is 2. The van der Waals surface area contributed by atoms with Gasteiger partial charge in [-0.25, -0.2) is 4.98 Å². The van der Waals surface area contributed by atoms with Gasteiger partial charge in [0.15, 0.2) is 0 Å². The largest absolute Gasteiger partial charge is 0.495 e. The van der Waals surface area contributed by atoms with Gasteiger partial charge < -0.3 is 15.4 Å². The molecule has 25 heavy (non-hydrogen) atoms. The standard InChI is InChI=1S/C19H19BrN4O/c1-12-10-14(20)8-9-15(12)22-18-11-13(2)21-19(24-18)23-16-6-4-5-7-17(16)25-3/h4-11H,1-3H3,(H2,21,22,23,24). The average molecular weight is 399 g/mol. The first kappa shape index (κ1) is 17.2. The molecule has 0 fully saturated rings. The minimum absolute atomic E-state index is 0.516. The molecule has 128 valence electrons. The monoisotopic (exact) mass is 398 g/mol. The van der Waals surface area contributed by atoms with E-state index in [0.717, 1.165) is 38.7 Å². The van der Waals surface area contributed by atoms with Gasteiger partial charge in [-0.1, -0.05) is 28.1 Å². The highest BCUT2D eigenvalue weighted by atomic mass is 79.9. The van der Waals surface area contributed by atoms with Gasteiger partial charge in [0.25, 0.3) is 0 Å². The van der Waals surface area contributed by atoms with E-state index in [1.165, 1.54) is 0 Å². The van der Waals surface area contributed by atoms with Crippen LogP contribution < -0.4 is 15.4 Å². The van der Waals surface area contributed by atoms with E-state index in [1.54, 1.807) is 7.11 Å². The Kier molecular flexibility index (Phi) is 5.19. The number of para-hydroxylation sites is 2. The third kappa shape index (κ3) is 4.28. The number of aryl methyl sites for hydroxylation is 2. The van der Waals surface area contributed by atoms with Gasteiger partial charge in [-0.15, -0.1) is 0 Å². The highest BCUT2D eigenvalue weighted by Crippen LogP contribution is 2.27. The zero-order valence-corrected chi connectivity index (χ0v) is 15.9. The SMILES string of the molecule is COc1ccccc1Nc1nc(C)cc(Nc2ccc(Br)cc2C)n1. The van der Waals surface area contributed by atoms with Gasteiger partial charge in [-0.3, -0.25) is 0 Å². The lowest BCUT2D eigenvalue weighted by Crippen LogP contribution is -2.03. The van der Waals surface area contributed by atoms with E-state index >= 15 is 0 Å². The molecule has 2 N–H and O–H groups in total. The second kappa shape index (κ2) is 7.53. The quantitative estimate of drug-likeness (QED) is 0.606. The molecule has 0 bridgehead atoms. The summed E-state index contributed by atoms with van der Waals surface area (Å²) in [5, 5.41) is 6.57. The Hall–Kier alpha value is -2.60. The summed E-state index contributed by atoms with van der Waals surface area (Å²) in [4.78, 5) is 9.02. The topological polar surface area (TPSA) is 59.1 Å². The van der Waals surface area contributed by atoms with E-state index in [0.29, 0.717) is 5.95 Å². The maximum absolute atomic E-state index is 5.36. The summed E-state index contributed by atoms with van der Waals surface area (Å²) in [6, 6.07) is 15.7. The molecule has 0 aliphatic heterocycles. The fourth-order valence-electron chi connectivity index (χ4n) is 2.46. The van der Waals surface area contributed by atoms with Crippen molar-refractivity contribution in [1.29, 1.82) is 0 Å². The Morgan fingerprint density at radius 1 is 0.920 bits per heavy atom. The lowest BCUT2D eigenvalue weighted by atomic mass is 10.2. The molecule has 0 unspecified atom stereocenters. The van der Waals surface area contributed by atoms with Crippen LogP contribution >= 0.6 is 15.9 Å². The number of hydrogen-bond acceptors (Lipinski definition) is 5. The molecule has 0 saturated heterocycles. The molecule has 2 aromatic carbocycles. The van der Waals surface area contributed by atoms with E-state index in [4.69, 9.17) is 4.74 Å². The molecular formula is C19H19BrN4O. The summed E-state index contributed by atoms with van der Waals surface area (Å²) in [6.45, 7) is 3.99. The van der Waals surface area contributed by atoms with Crippen molar-refractivity contribution in [2.75, 3.05) is 17.7 Å². The van der Waals surface area contributed by atoms with Crippen LogP contribution in [0.4, 0.5) is 23.1 Å². The van der Waals surface area contributed by atoms with Crippen molar-refractivity contribution < 1.29 is 4.74 Å². The van der Waals surface area contributed by atoms with Crippen molar-refractivity contribution in [1.82, 2.24) is 9.97 Å². The predicted molar refractivity (Wildman–Crippen MR) is 105 cm³/mol. The van der Waals surface area contributed by atoms with Crippen LogP contribution in [0, 0.1) is 13.8 Å². The third-order valence-electron chi connectivity index (χ3n) is 3.66. The van der Waals surface area contributed by atoms with Gasteiger partial charge in [0.2, 0.25) is 5.95 Å². The maximum atomic E-state index is 5.36. The number of benzene rings is 2. The molecule has 3 rings (SSSR count). The summed E-state index contributed by atoms with van der Waals surface area (Å²) < 4.78 is 6.41. The van der Waals surface area contributed by atoms with Crippen LogP contribution in [0.1, 0.15) is 11.3 Å². The smallest absolute Gasteiger partial charge is 0.229 e. The van der Waals surface area contributed by atoms with Gasteiger partial charge in [-0.2, -0.15) is 4.98 Å². The molecule has 0 radical (unpaired) electrons. The molecule has 1 aromatic heterocycles. The Bertz CT molecular complexity index is 898. The molecule has 0 spiro atoms. The first-order valence-corrected chi connectivity index (χ1v) is 8.63. The Balaban J connectivity index is 1.87. The normalized spacial score (nSPS) is 10.4. The van der Waals surface area contributed by atoms with Gasteiger partial charge in [0, 0.05) is 21.9 Å². The maximum Gasteiger partial charge on any atom is 0.229 e. The van der Waals surface area contributed by atoms with E-state index < -0.39 is 0 Å². The van der Waals surface area contributed by atoms with Crippen LogP contribution in [0.2, 0.25) is 0 Å². The van der Waals surface area contributed by atoms with E-state index in [-0.39, 0.29) is 0 Å². The first-order valence-electron chi connectivity index (χ1n) is 7.84. The molecule has 3 aromatic rings. The lowest BCUT2D eigenvalue weighted by Gasteiger charge is -2.13. The van der Waals surface area contributed by atoms with Crippen molar-refractivity contribution in [3.63, 3.8) is 0 Å². The lowest BCUT2D eigenvalue weighted by molar-refractivity contribution is 0.417. The van der Waals surface area contributed by atoms with Crippen LogP contribution in [0.5, 0.6) is 5.75 Å². The number of hydrogen-bond donors (Lipinski definition) is 2. The zero-order chi connectivity index (χ0) is 17.8. The first-order chi connectivity index (χ1) is 12.0. The highest BCUT2D eigenvalue weighted by molar-refractivity contribution is 9.10. The van der Waals surface area contributed by atoms with Crippen LogP contribution in [-0.2, 0) is 0 Å². The predicted octanol–water partition coefficient (Wildman–Crippen LogP) is 5.35. The average Bonchev–Trinajstić information content (AvgIpc) is 2.57. The van der Waals surface area contributed by atoms with E-state index in [9.17, 15) is 0 Å².